The van der Waals surface area contributed by atoms with Crippen LogP contribution in [0.2, 0.25) is 0 Å². The number of sulfonamides is 1. The molecular weight excluding hydrogens is 388 g/mol. The van der Waals surface area contributed by atoms with Gasteiger partial charge in [-0.05, 0) is 49.9 Å². The Hall–Kier alpha value is -2.93. The number of aryl methyl sites for hydroxylation is 3. The monoisotopic (exact) mass is 412 g/mol. The topological polar surface area (TPSA) is 83.6 Å². The number of amides is 2. The van der Waals surface area contributed by atoms with Crippen LogP contribution in [0.25, 0.3) is 4.91 Å². The lowest BCUT2D eigenvalue weighted by atomic mass is 10.1. The van der Waals surface area contributed by atoms with E-state index >= 15 is 0 Å². The second kappa shape index (κ2) is 7.83. The lowest BCUT2D eigenvalue weighted by Crippen LogP contribution is -2.38. The number of carbonyl (C=O) groups excluding carboxylic acids is 2. The molecule has 1 heterocycles. The molecule has 0 aliphatic carbocycles. The van der Waals surface area contributed by atoms with Crippen molar-refractivity contribution in [1.29, 1.82) is 0 Å². The first-order chi connectivity index (χ1) is 13.6. The summed E-state index contributed by atoms with van der Waals surface area (Å²) in [6.45, 7) is 6.71. The number of rotatable bonds is 5. The van der Waals surface area contributed by atoms with Crippen molar-refractivity contribution in [3.05, 3.63) is 70.3 Å². The van der Waals surface area contributed by atoms with Gasteiger partial charge in [-0.25, -0.2) is 12.7 Å². The minimum absolute atomic E-state index is 0.0375. The number of benzene rings is 2. The Balaban J connectivity index is 1.84. The van der Waals surface area contributed by atoms with Gasteiger partial charge in [-0.15, -0.1) is 0 Å². The molecule has 0 atom stereocenters. The second-order valence-corrected chi connectivity index (χ2v) is 8.99. The van der Waals surface area contributed by atoms with Crippen LogP contribution in [0.1, 0.15) is 36.1 Å². The fourth-order valence-corrected chi connectivity index (χ4v) is 5.16. The van der Waals surface area contributed by atoms with Gasteiger partial charge in [0, 0.05) is 11.3 Å². The van der Waals surface area contributed by atoms with Crippen molar-refractivity contribution in [2.45, 2.75) is 34.1 Å². The number of hydrogen-bond donors (Lipinski definition) is 1. The van der Waals surface area contributed by atoms with E-state index < -0.39 is 28.4 Å². The van der Waals surface area contributed by atoms with E-state index in [0.717, 1.165) is 23.1 Å². The van der Waals surface area contributed by atoms with E-state index in [1.165, 1.54) is 6.92 Å². The standard InChI is InChI=1S/C22H24N2O4S/c1-5-17-7-9-18(10-8-17)21-16(4)22(26)24(29(21,27)28)13-20(25)23-19-11-6-14(2)12-15(19)3/h6-12H,5,13H2,1-4H3,(H,23,25). The zero-order chi connectivity index (χ0) is 21.3. The van der Waals surface area contributed by atoms with Crippen molar-refractivity contribution in [3.63, 3.8) is 0 Å². The predicted octanol–water partition coefficient (Wildman–Crippen LogP) is 3.41. The van der Waals surface area contributed by atoms with E-state index in [2.05, 4.69) is 5.32 Å². The normalized spacial score (nSPS) is 15.7. The summed E-state index contributed by atoms with van der Waals surface area (Å²) >= 11 is 0. The van der Waals surface area contributed by atoms with Crippen LogP contribution in [0.15, 0.2) is 48.0 Å². The molecule has 0 fully saturated rings. The van der Waals surface area contributed by atoms with E-state index in [9.17, 15) is 18.0 Å². The Morgan fingerprint density at radius 2 is 1.69 bits per heavy atom. The summed E-state index contributed by atoms with van der Waals surface area (Å²) in [5.74, 6) is -1.24. The molecule has 1 aliphatic heterocycles. The van der Waals surface area contributed by atoms with Gasteiger partial charge in [-0.3, -0.25) is 9.59 Å². The zero-order valence-corrected chi connectivity index (χ0v) is 17.8. The first kappa shape index (κ1) is 20.8. The smallest absolute Gasteiger partial charge is 0.268 e. The van der Waals surface area contributed by atoms with Gasteiger partial charge >= 0.3 is 0 Å². The third kappa shape index (κ3) is 3.96. The summed E-state index contributed by atoms with van der Waals surface area (Å²) < 4.78 is 26.7. The van der Waals surface area contributed by atoms with Crippen molar-refractivity contribution >= 4 is 32.4 Å². The molecule has 2 amide bonds. The van der Waals surface area contributed by atoms with E-state index in [-0.39, 0.29) is 10.5 Å². The van der Waals surface area contributed by atoms with Gasteiger partial charge in [0.05, 0.1) is 0 Å². The molecule has 1 N–H and O–H groups in total. The van der Waals surface area contributed by atoms with Crippen molar-refractivity contribution in [3.8, 4) is 0 Å². The van der Waals surface area contributed by atoms with Gasteiger partial charge in [-0.2, -0.15) is 0 Å². The summed E-state index contributed by atoms with van der Waals surface area (Å²) in [6.07, 6.45) is 0.828. The van der Waals surface area contributed by atoms with Crippen molar-refractivity contribution < 1.29 is 18.0 Å². The van der Waals surface area contributed by atoms with Crippen LogP contribution in [0.3, 0.4) is 0 Å². The van der Waals surface area contributed by atoms with Gasteiger partial charge in [0.2, 0.25) is 5.91 Å². The number of nitrogens with zero attached hydrogens (tertiary/aromatic N) is 1. The molecule has 152 valence electrons. The average molecular weight is 413 g/mol. The number of anilines is 1. The molecule has 0 saturated carbocycles. The Bertz CT molecular complexity index is 1120. The molecule has 0 bridgehead atoms. The molecule has 7 heteroatoms. The first-order valence-electron chi connectivity index (χ1n) is 9.39. The Morgan fingerprint density at radius 3 is 2.28 bits per heavy atom. The number of hydrogen-bond acceptors (Lipinski definition) is 4. The third-order valence-electron chi connectivity index (χ3n) is 5.00. The maximum absolute atomic E-state index is 13.0. The summed E-state index contributed by atoms with van der Waals surface area (Å²) in [7, 11) is -4.10. The van der Waals surface area contributed by atoms with Crippen LogP contribution < -0.4 is 5.32 Å². The maximum Gasteiger partial charge on any atom is 0.268 e. The molecule has 0 unspecified atom stereocenters. The van der Waals surface area contributed by atoms with Gasteiger partial charge < -0.3 is 5.32 Å². The SMILES string of the molecule is CCc1ccc(C2=C(C)C(=O)N(CC(=O)Nc3ccc(C)cc3C)S2(=O)=O)cc1. The van der Waals surface area contributed by atoms with Crippen LogP contribution >= 0.6 is 0 Å². The number of nitrogens with one attached hydrogen (secondary N) is 1. The minimum Gasteiger partial charge on any atom is -0.324 e. The molecular formula is C22H24N2O4S. The highest BCUT2D eigenvalue weighted by Gasteiger charge is 2.43. The average Bonchev–Trinajstić information content (AvgIpc) is 2.83. The fourth-order valence-electron chi connectivity index (χ4n) is 3.39. The van der Waals surface area contributed by atoms with Crippen molar-refractivity contribution in [2.24, 2.45) is 0 Å². The second-order valence-electron chi connectivity index (χ2n) is 7.19. The molecule has 6 nitrogen and oxygen atoms in total. The van der Waals surface area contributed by atoms with Crippen LogP contribution in [-0.4, -0.2) is 31.1 Å². The molecule has 0 saturated heterocycles. The lowest BCUT2D eigenvalue weighted by Gasteiger charge is -2.17. The van der Waals surface area contributed by atoms with Crippen LogP contribution in [0, 0.1) is 13.8 Å². The van der Waals surface area contributed by atoms with Crippen molar-refractivity contribution in [1.82, 2.24) is 4.31 Å². The molecule has 1 aliphatic rings. The van der Waals surface area contributed by atoms with E-state index in [1.54, 1.807) is 18.2 Å². The molecule has 3 rings (SSSR count). The zero-order valence-electron chi connectivity index (χ0n) is 16.9. The highest BCUT2D eigenvalue weighted by Crippen LogP contribution is 2.35. The molecule has 29 heavy (non-hydrogen) atoms. The predicted molar refractivity (Wildman–Crippen MR) is 114 cm³/mol. The quantitative estimate of drug-likeness (QED) is 0.816. The maximum atomic E-state index is 13.0. The lowest BCUT2D eigenvalue weighted by molar-refractivity contribution is -0.126. The summed E-state index contributed by atoms with van der Waals surface area (Å²) in [5, 5.41) is 2.69. The third-order valence-corrected chi connectivity index (χ3v) is 6.94. The highest BCUT2D eigenvalue weighted by molar-refractivity contribution is 7.99. The Morgan fingerprint density at radius 1 is 1.03 bits per heavy atom. The van der Waals surface area contributed by atoms with Gasteiger partial charge in [0.25, 0.3) is 15.9 Å². The van der Waals surface area contributed by atoms with Crippen molar-refractivity contribution in [2.75, 3.05) is 11.9 Å². The summed E-state index contributed by atoms with van der Waals surface area (Å²) in [4.78, 5) is 25.1. The van der Waals surface area contributed by atoms with Crippen LogP contribution in [-0.2, 0) is 26.0 Å². The Kier molecular flexibility index (Phi) is 5.61. The van der Waals surface area contributed by atoms with Crippen LogP contribution in [0.5, 0.6) is 0 Å². The highest BCUT2D eigenvalue weighted by atomic mass is 32.2. The molecule has 2 aromatic carbocycles. The van der Waals surface area contributed by atoms with Gasteiger partial charge in [0.1, 0.15) is 11.4 Å². The number of carbonyl (C=O) groups is 2. The molecule has 2 aromatic rings. The first-order valence-corrected chi connectivity index (χ1v) is 10.8. The summed E-state index contributed by atoms with van der Waals surface area (Å²) in [5.41, 5.74) is 4.14. The molecule has 0 radical (unpaired) electrons. The van der Waals surface area contributed by atoms with Gasteiger partial charge in [0.15, 0.2) is 0 Å². The van der Waals surface area contributed by atoms with E-state index in [1.807, 2.05) is 45.0 Å². The van der Waals surface area contributed by atoms with Gasteiger partial charge in [-0.1, -0.05) is 48.9 Å². The van der Waals surface area contributed by atoms with Crippen LogP contribution in [0.4, 0.5) is 5.69 Å². The molecule has 0 spiro atoms. The Labute approximate surface area is 171 Å². The fraction of sp³-hybridized carbons (Fsp3) is 0.273. The minimum atomic E-state index is -4.10. The largest absolute Gasteiger partial charge is 0.324 e. The molecule has 0 aromatic heterocycles. The summed E-state index contributed by atoms with van der Waals surface area (Å²) in [6, 6.07) is 12.6. The van der Waals surface area contributed by atoms with E-state index in [0.29, 0.717) is 15.6 Å². The van der Waals surface area contributed by atoms with E-state index in [4.69, 9.17) is 0 Å².